The van der Waals surface area contributed by atoms with Gasteiger partial charge in [0.25, 0.3) is 0 Å². The maximum Gasteiger partial charge on any atom is 0.0381 e. The van der Waals surface area contributed by atoms with E-state index in [-0.39, 0.29) is 0 Å². The quantitative estimate of drug-likeness (QED) is 0.908. The second-order valence-electron chi connectivity index (χ2n) is 5.81. The van der Waals surface area contributed by atoms with Crippen LogP contribution in [0.2, 0.25) is 0 Å². The third kappa shape index (κ3) is 2.67. The number of fused-ring (bicyclic) bond motifs is 2. The van der Waals surface area contributed by atoms with Crippen LogP contribution >= 0.6 is 15.9 Å². The molecule has 0 aliphatic carbocycles. The van der Waals surface area contributed by atoms with Crippen LogP contribution in [-0.2, 0) is 6.54 Å². The van der Waals surface area contributed by atoms with E-state index >= 15 is 0 Å². The van der Waals surface area contributed by atoms with Crippen LogP contribution in [0.15, 0.2) is 22.7 Å². The van der Waals surface area contributed by atoms with E-state index in [1.54, 1.807) is 0 Å². The van der Waals surface area contributed by atoms with Crippen LogP contribution in [0.1, 0.15) is 24.8 Å². The summed E-state index contributed by atoms with van der Waals surface area (Å²) < 4.78 is 1.13. The number of halogens is 1. The minimum absolute atomic E-state index is 0.603. The number of hydrogen-bond acceptors (Lipinski definition) is 3. The van der Waals surface area contributed by atoms with Gasteiger partial charge in [-0.05, 0) is 50.1 Å². The zero-order valence-electron chi connectivity index (χ0n) is 11.5. The fourth-order valence-electron chi connectivity index (χ4n) is 3.48. The molecule has 2 fully saturated rings. The highest BCUT2D eigenvalue weighted by molar-refractivity contribution is 9.10. The van der Waals surface area contributed by atoms with Crippen LogP contribution in [0.4, 0.5) is 5.69 Å². The molecule has 2 bridgehead atoms. The average Bonchev–Trinajstić information content (AvgIpc) is 2.62. The van der Waals surface area contributed by atoms with Crippen LogP contribution in [0, 0.1) is 0 Å². The third-order valence-corrected chi connectivity index (χ3v) is 5.15. The van der Waals surface area contributed by atoms with Crippen LogP contribution in [0.5, 0.6) is 0 Å². The van der Waals surface area contributed by atoms with Crippen molar-refractivity contribution < 1.29 is 0 Å². The summed E-state index contributed by atoms with van der Waals surface area (Å²) in [5, 5.41) is 0. The molecule has 0 saturated carbocycles. The first-order chi connectivity index (χ1) is 9.17. The summed E-state index contributed by atoms with van der Waals surface area (Å²) >= 11 is 3.60. The largest absolute Gasteiger partial charge is 0.370 e. The van der Waals surface area contributed by atoms with Crippen LogP contribution in [0.25, 0.3) is 0 Å². The molecule has 0 spiro atoms. The van der Waals surface area contributed by atoms with Gasteiger partial charge in [0, 0.05) is 41.9 Å². The molecule has 2 unspecified atom stereocenters. The van der Waals surface area contributed by atoms with E-state index in [0.29, 0.717) is 12.6 Å². The van der Waals surface area contributed by atoms with E-state index in [1.807, 2.05) is 0 Å². The molecule has 0 amide bonds. The van der Waals surface area contributed by atoms with Crippen molar-refractivity contribution in [2.75, 3.05) is 25.0 Å². The third-order valence-electron chi connectivity index (χ3n) is 4.69. The first-order valence-corrected chi connectivity index (χ1v) is 7.93. The summed E-state index contributed by atoms with van der Waals surface area (Å²) in [6, 6.07) is 8.07. The van der Waals surface area contributed by atoms with Gasteiger partial charge in [0.1, 0.15) is 0 Å². The van der Waals surface area contributed by atoms with Gasteiger partial charge in [-0.25, -0.2) is 0 Å². The van der Waals surface area contributed by atoms with E-state index in [4.69, 9.17) is 5.73 Å². The van der Waals surface area contributed by atoms with Gasteiger partial charge in [-0.1, -0.05) is 15.9 Å². The van der Waals surface area contributed by atoms with Crippen molar-refractivity contribution in [2.45, 2.75) is 37.9 Å². The topological polar surface area (TPSA) is 32.5 Å². The summed E-state index contributed by atoms with van der Waals surface area (Å²) in [7, 11) is 2.29. The maximum atomic E-state index is 5.78. The van der Waals surface area contributed by atoms with Crippen molar-refractivity contribution >= 4 is 21.6 Å². The summed E-state index contributed by atoms with van der Waals surface area (Å²) in [5.74, 6) is 0. The number of nitrogens with two attached hydrogens (primary N) is 1. The standard InChI is InChI=1S/C15H22BrN3/c1-18-13-2-3-14(18)10-19(5-4-13)15-7-11(9-17)6-12(16)8-15/h6-8,13-14H,2-5,9-10,17H2,1H3. The Morgan fingerprint density at radius 2 is 2.00 bits per heavy atom. The Kier molecular flexibility index (Phi) is 3.83. The normalized spacial score (nSPS) is 27.6. The van der Waals surface area contributed by atoms with Gasteiger partial charge in [-0.2, -0.15) is 0 Å². The molecule has 2 aliphatic heterocycles. The molecule has 2 atom stereocenters. The lowest BCUT2D eigenvalue weighted by molar-refractivity contribution is 0.254. The molecule has 3 nitrogen and oxygen atoms in total. The zero-order valence-corrected chi connectivity index (χ0v) is 13.1. The SMILES string of the molecule is CN1C2CCC1CN(c1cc(Br)cc(CN)c1)CC2. The number of benzene rings is 1. The van der Waals surface area contributed by atoms with E-state index < -0.39 is 0 Å². The van der Waals surface area contributed by atoms with Gasteiger partial charge in [-0.15, -0.1) is 0 Å². The number of rotatable bonds is 2. The second kappa shape index (κ2) is 5.43. The highest BCUT2D eigenvalue weighted by Crippen LogP contribution is 2.32. The van der Waals surface area contributed by atoms with E-state index in [1.165, 1.54) is 30.5 Å². The predicted molar refractivity (Wildman–Crippen MR) is 83.4 cm³/mol. The van der Waals surface area contributed by atoms with Gasteiger partial charge in [0.05, 0.1) is 0 Å². The number of nitrogens with zero attached hydrogens (tertiary/aromatic N) is 2. The Bertz CT molecular complexity index is 463. The van der Waals surface area contributed by atoms with Gasteiger partial charge in [-0.3, -0.25) is 4.90 Å². The van der Waals surface area contributed by atoms with E-state index in [2.05, 4.69) is 51.0 Å². The van der Waals surface area contributed by atoms with E-state index in [0.717, 1.165) is 23.6 Å². The zero-order chi connectivity index (χ0) is 13.4. The summed E-state index contributed by atoms with van der Waals surface area (Å²) in [6.07, 6.45) is 3.99. The van der Waals surface area contributed by atoms with Crippen molar-refractivity contribution in [3.63, 3.8) is 0 Å². The second-order valence-corrected chi connectivity index (χ2v) is 6.72. The lowest BCUT2D eigenvalue weighted by Gasteiger charge is -2.28. The maximum absolute atomic E-state index is 5.78. The molecule has 2 saturated heterocycles. The lowest BCUT2D eigenvalue weighted by atomic mass is 10.1. The summed E-state index contributed by atoms with van der Waals surface area (Å²) in [4.78, 5) is 5.12. The molecule has 3 rings (SSSR count). The Morgan fingerprint density at radius 1 is 1.21 bits per heavy atom. The van der Waals surface area contributed by atoms with Crippen molar-refractivity contribution in [3.05, 3.63) is 28.2 Å². The minimum atomic E-state index is 0.603. The van der Waals surface area contributed by atoms with Gasteiger partial charge < -0.3 is 10.6 Å². The van der Waals surface area contributed by atoms with Gasteiger partial charge in [0.15, 0.2) is 0 Å². The Labute approximate surface area is 123 Å². The smallest absolute Gasteiger partial charge is 0.0381 e. The first kappa shape index (κ1) is 13.4. The van der Waals surface area contributed by atoms with Crippen LogP contribution in [-0.4, -0.2) is 37.1 Å². The number of hydrogen-bond donors (Lipinski definition) is 1. The molecule has 19 heavy (non-hydrogen) atoms. The fraction of sp³-hybridized carbons (Fsp3) is 0.600. The highest BCUT2D eigenvalue weighted by Gasteiger charge is 2.34. The molecule has 1 aromatic rings. The molecule has 0 radical (unpaired) electrons. The summed E-state index contributed by atoms with van der Waals surface area (Å²) in [5.41, 5.74) is 8.30. The van der Waals surface area contributed by atoms with Crippen molar-refractivity contribution in [2.24, 2.45) is 5.73 Å². The van der Waals surface area contributed by atoms with Gasteiger partial charge in [0.2, 0.25) is 0 Å². The molecule has 4 heteroatoms. The first-order valence-electron chi connectivity index (χ1n) is 7.14. The lowest BCUT2D eigenvalue weighted by Crippen LogP contribution is -2.36. The van der Waals surface area contributed by atoms with Crippen molar-refractivity contribution in [1.82, 2.24) is 4.90 Å². The molecule has 2 heterocycles. The molecule has 104 valence electrons. The van der Waals surface area contributed by atoms with Crippen molar-refractivity contribution in [1.29, 1.82) is 0 Å². The Hall–Kier alpha value is -0.580. The average molecular weight is 324 g/mol. The van der Waals surface area contributed by atoms with Gasteiger partial charge >= 0.3 is 0 Å². The molecule has 2 N–H and O–H groups in total. The monoisotopic (exact) mass is 323 g/mol. The Balaban J connectivity index is 1.84. The number of likely N-dealkylation sites (N-methyl/N-ethyl adjacent to an activating group) is 1. The van der Waals surface area contributed by atoms with Crippen molar-refractivity contribution in [3.8, 4) is 0 Å². The number of anilines is 1. The minimum Gasteiger partial charge on any atom is -0.370 e. The predicted octanol–water partition coefficient (Wildman–Crippen LogP) is 2.58. The van der Waals surface area contributed by atoms with Crippen LogP contribution in [0.3, 0.4) is 0 Å². The summed E-state index contributed by atoms with van der Waals surface area (Å²) in [6.45, 7) is 2.91. The molecular formula is C15H22BrN3. The molecule has 1 aromatic carbocycles. The van der Waals surface area contributed by atoms with E-state index in [9.17, 15) is 0 Å². The molecular weight excluding hydrogens is 302 g/mol. The molecule has 0 aromatic heterocycles. The van der Waals surface area contributed by atoms with Crippen LogP contribution < -0.4 is 10.6 Å². The highest BCUT2D eigenvalue weighted by atomic mass is 79.9. The Morgan fingerprint density at radius 3 is 2.79 bits per heavy atom. The molecule has 2 aliphatic rings. The fourth-order valence-corrected chi connectivity index (χ4v) is 4.01.